The third kappa shape index (κ3) is 4.34. The summed E-state index contributed by atoms with van der Waals surface area (Å²) in [5.41, 5.74) is 0.197. The fraction of sp³-hybridized carbons (Fsp3) is 0.353. The molecule has 10 heteroatoms. The third-order valence-electron chi connectivity index (χ3n) is 4.16. The number of nitrogens with one attached hydrogen (secondary N) is 1. The molecule has 1 aliphatic rings. The van der Waals surface area contributed by atoms with Gasteiger partial charge < -0.3 is 4.74 Å². The number of hydrogen-bond acceptors (Lipinski definition) is 7. The van der Waals surface area contributed by atoms with Gasteiger partial charge in [0.25, 0.3) is 5.91 Å². The SMILES string of the molecule is COC(=O)c1cnc(NC(=O)c2cccc(S(=O)(=O)N3CCCCC3)c2)s1. The maximum atomic E-state index is 12.8. The zero-order valence-electron chi connectivity index (χ0n) is 14.7. The van der Waals surface area contributed by atoms with Crippen LogP contribution in [0.4, 0.5) is 5.13 Å². The molecular formula is C17H19N3O5S2. The van der Waals surface area contributed by atoms with Crippen LogP contribution < -0.4 is 5.32 Å². The standard InChI is InChI=1S/C17H19N3O5S2/c1-25-16(22)14-11-18-17(26-14)19-15(21)12-6-5-7-13(10-12)27(23,24)20-8-3-2-4-9-20/h5-7,10-11H,2-4,8-9H2,1H3,(H,18,19,21). The van der Waals surface area contributed by atoms with E-state index in [1.807, 2.05) is 0 Å². The van der Waals surface area contributed by atoms with E-state index >= 15 is 0 Å². The van der Waals surface area contributed by atoms with E-state index in [9.17, 15) is 18.0 Å². The van der Waals surface area contributed by atoms with Gasteiger partial charge in [-0.15, -0.1) is 0 Å². The first kappa shape index (κ1) is 19.5. The van der Waals surface area contributed by atoms with Crippen LogP contribution in [0.25, 0.3) is 0 Å². The van der Waals surface area contributed by atoms with Gasteiger partial charge in [-0.3, -0.25) is 10.1 Å². The number of sulfonamides is 1. The number of esters is 1. The summed E-state index contributed by atoms with van der Waals surface area (Å²) >= 11 is 0.977. The number of carbonyl (C=O) groups excluding carboxylic acids is 2. The highest BCUT2D eigenvalue weighted by Crippen LogP contribution is 2.23. The number of methoxy groups -OCH3 is 1. The number of anilines is 1. The zero-order valence-corrected chi connectivity index (χ0v) is 16.3. The maximum Gasteiger partial charge on any atom is 0.349 e. The number of aromatic nitrogens is 1. The summed E-state index contributed by atoms with van der Waals surface area (Å²) in [6.07, 6.45) is 4.01. The molecule has 1 amide bonds. The van der Waals surface area contributed by atoms with Crippen LogP contribution in [0.15, 0.2) is 35.4 Å². The second kappa shape index (κ2) is 8.15. The van der Waals surface area contributed by atoms with Crippen LogP contribution in [-0.4, -0.2) is 49.8 Å². The fourth-order valence-electron chi connectivity index (χ4n) is 2.75. The van der Waals surface area contributed by atoms with Gasteiger partial charge in [-0.1, -0.05) is 23.8 Å². The molecule has 144 valence electrons. The van der Waals surface area contributed by atoms with Crippen LogP contribution in [0.5, 0.6) is 0 Å². The van der Waals surface area contributed by atoms with E-state index in [1.165, 1.54) is 41.9 Å². The van der Waals surface area contributed by atoms with Gasteiger partial charge in [0.05, 0.1) is 18.2 Å². The number of nitrogens with zero attached hydrogens (tertiary/aromatic N) is 2. The monoisotopic (exact) mass is 409 g/mol. The maximum absolute atomic E-state index is 12.8. The molecule has 0 aliphatic carbocycles. The second-order valence-electron chi connectivity index (χ2n) is 5.97. The summed E-state index contributed by atoms with van der Waals surface area (Å²) in [5, 5.41) is 2.79. The number of amides is 1. The number of carbonyl (C=O) groups is 2. The molecule has 0 spiro atoms. The third-order valence-corrected chi connectivity index (χ3v) is 6.95. The highest BCUT2D eigenvalue weighted by molar-refractivity contribution is 7.89. The van der Waals surface area contributed by atoms with E-state index in [0.29, 0.717) is 13.1 Å². The lowest BCUT2D eigenvalue weighted by Gasteiger charge is -2.26. The quantitative estimate of drug-likeness (QED) is 0.760. The lowest BCUT2D eigenvalue weighted by Crippen LogP contribution is -2.35. The Hall–Kier alpha value is -2.30. The van der Waals surface area contributed by atoms with Gasteiger partial charge >= 0.3 is 5.97 Å². The number of thiazole rings is 1. The molecule has 1 N–H and O–H groups in total. The van der Waals surface area contributed by atoms with Crippen molar-refractivity contribution in [3.63, 3.8) is 0 Å². The number of piperidine rings is 1. The van der Waals surface area contributed by atoms with Gasteiger partial charge in [0.2, 0.25) is 10.0 Å². The number of hydrogen-bond donors (Lipinski definition) is 1. The van der Waals surface area contributed by atoms with Crippen molar-refractivity contribution in [1.29, 1.82) is 0 Å². The Kier molecular flexibility index (Phi) is 5.88. The van der Waals surface area contributed by atoms with Crippen LogP contribution in [0.1, 0.15) is 39.3 Å². The average molecular weight is 409 g/mol. The molecule has 0 saturated carbocycles. The number of benzene rings is 1. The van der Waals surface area contributed by atoms with Gasteiger partial charge in [0, 0.05) is 18.7 Å². The molecule has 1 aliphatic heterocycles. The Morgan fingerprint density at radius 2 is 1.96 bits per heavy atom. The van der Waals surface area contributed by atoms with E-state index < -0.39 is 21.9 Å². The van der Waals surface area contributed by atoms with Crippen LogP contribution >= 0.6 is 11.3 Å². The Labute approximate surface area is 161 Å². The molecular weight excluding hydrogens is 390 g/mol. The highest BCUT2D eigenvalue weighted by Gasteiger charge is 2.26. The van der Waals surface area contributed by atoms with E-state index in [2.05, 4.69) is 15.0 Å². The molecule has 1 saturated heterocycles. The van der Waals surface area contributed by atoms with Gasteiger partial charge in [0.15, 0.2) is 5.13 Å². The molecule has 0 atom stereocenters. The Morgan fingerprint density at radius 3 is 2.67 bits per heavy atom. The Balaban J connectivity index is 1.77. The van der Waals surface area contributed by atoms with Crippen LogP contribution in [0.3, 0.4) is 0 Å². The van der Waals surface area contributed by atoms with Crippen molar-refractivity contribution in [3.05, 3.63) is 40.9 Å². The van der Waals surface area contributed by atoms with Crippen molar-refractivity contribution in [2.45, 2.75) is 24.2 Å². The lowest BCUT2D eigenvalue weighted by molar-refractivity contribution is 0.0606. The summed E-state index contributed by atoms with van der Waals surface area (Å²) < 4.78 is 31.6. The van der Waals surface area contributed by atoms with Crippen molar-refractivity contribution in [3.8, 4) is 0 Å². The van der Waals surface area contributed by atoms with Crippen LogP contribution in [0.2, 0.25) is 0 Å². The molecule has 1 aromatic heterocycles. The number of rotatable bonds is 5. The van der Waals surface area contributed by atoms with E-state index in [4.69, 9.17) is 0 Å². The molecule has 8 nitrogen and oxygen atoms in total. The molecule has 1 aromatic carbocycles. The van der Waals surface area contributed by atoms with Crippen LogP contribution in [0, 0.1) is 0 Å². The first-order valence-electron chi connectivity index (χ1n) is 8.37. The van der Waals surface area contributed by atoms with Crippen molar-refractivity contribution in [2.75, 3.05) is 25.5 Å². The molecule has 0 bridgehead atoms. The minimum atomic E-state index is -3.62. The first-order chi connectivity index (χ1) is 12.9. The molecule has 27 heavy (non-hydrogen) atoms. The largest absolute Gasteiger partial charge is 0.465 e. The minimum Gasteiger partial charge on any atom is -0.465 e. The van der Waals surface area contributed by atoms with Gasteiger partial charge in [-0.2, -0.15) is 4.31 Å². The fourth-order valence-corrected chi connectivity index (χ4v) is 5.04. The zero-order chi connectivity index (χ0) is 19.4. The lowest BCUT2D eigenvalue weighted by atomic mass is 10.2. The molecule has 2 aromatic rings. The smallest absolute Gasteiger partial charge is 0.349 e. The topological polar surface area (TPSA) is 106 Å². The summed E-state index contributed by atoms with van der Waals surface area (Å²) in [4.78, 5) is 28.2. The van der Waals surface area contributed by atoms with E-state index in [-0.39, 0.29) is 20.5 Å². The van der Waals surface area contributed by atoms with E-state index in [1.54, 1.807) is 0 Å². The van der Waals surface area contributed by atoms with Crippen molar-refractivity contribution in [2.24, 2.45) is 0 Å². The van der Waals surface area contributed by atoms with E-state index in [0.717, 1.165) is 30.6 Å². The molecule has 0 unspecified atom stereocenters. The predicted octanol–water partition coefficient (Wildman–Crippen LogP) is 2.36. The molecule has 1 fully saturated rings. The molecule has 2 heterocycles. The normalized spacial score (nSPS) is 15.3. The first-order valence-corrected chi connectivity index (χ1v) is 10.6. The summed E-state index contributed by atoms with van der Waals surface area (Å²) in [7, 11) is -2.36. The van der Waals surface area contributed by atoms with Crippen molar-refractivity contribution >= 4 is 38.4 Å². The summed E-state index contributed by atoms with van der Waals surface area (Å²) in [5.74, 6) is -1.04. The highest BCUT2D eigenvalue weighted by atomic mass is 32.2. The summed E-state index contributed by atoms with van der Waals surface area (Å²) in [6.45, 7) is 0.988. The molecule has 3 rings (SSSR count). The predicted molar refractivity (Wildman–Crippen MR) is 100 cm³/mol. The average Bonchev–Trinajstić information content (AvgIpc) is 3.16. The minimum absolute atomic E-state index is 0.0893. The second-order valence-corrected chi connectivity index (χ2v) is 8.94. The molecule has 0 radical (unpaired) electrons. The van der Waals surface area contributed by atoms with Gasteiger partial charge in [0.1, 0.15) is 4.88 Å². The van der Waals surface area contributed by atoms with Crippen molar-refractivity contribution in [1.82, 2.24) is 9.29 Å². The van der Waals surface area contributed by atoms with Crippen molar-refractivity contribution < 1.29 is 22.7 Å². The van der Waals surface area contributed by atoms with Crippen LogP contribution in [-0.2, 0) is 14.8 Å². The van der Waals surface area contributed by atoms with Gasteiger partial charge in [-0.05, 0) is 31.0 Å². The van der Waals surface area contributed by atoms with Gasteiger partial charge in [-0.25, -0.2) is 18.2 Å². The Bertz CT molecular complexity index is 949. The summed E-state index contributed by atoms with van der Waals surface area (Å²) in [6, 6.07) is 5.90. The Morgan fingerprint density at radius 1 is 1.22 bits per heavy atom. The number of ether oxygens (including phenoxy) is 1.